The second-order valence-electron chi connectivity index (χ2n) is 5.61. The van der Waals surface area contributed by atoms with Crippen molar-refractivity contribution in [2.75, 3.05) is 6.54 Å². The lowest BCUT2D eigenvalue weighted by Crippen LogP contribution is -2.31. The van der Waals surface area contributed by atoms with Crippen molar-refractivity contribution in [3.05, 3.63) is 46.5 Å². The van der Waals surface area contributed by atoms with E-state index >= 15 is 0 Å². The van der Waals surface area contributed by atoms with Crippen molar-refractivity contribution in [3.63, 3.8) is 0 Å². The van der Waals surface area contributed by atoms with Crippen LogP contribution in [0.3, 0.4) is 0 Å². The van der Waals surface area contributed by atoms with Crippen LogP contribution in [-0.2, 0) is 11.3 Å². The van der Waals surface area contributed by atoms with Gasteiger partial charge in [0.15, 0.2) is 0 Å². The second-order valence-corrected chi connectivity index (χ2v) is 6.02. The Kier molecular flexibility index (Phi) is 4.58. The molecule has 0 spiro atoms. The topological polar surface area (TPSA) is 80.0 Å². The van der Waals surface area contributed by atoms with Crippen molar-refractivity contribution in [1.29, 1.82) is 0 Å². The van der Waals surface area contributed by atoms with Crippen molar-refractivity contribution < 1.29 is 14.3 Å². The van der Waals surface area contributed by atoms with Crippen molar-refractivity contribution in [2.24, 2.45) is 0 Å². The summed E-state index contributed by atoms with van der Waals surface area (Å²) in [5.41, 5.74) is 1.26. The summed E-state index contributed by atoms with van der Waals surface area (Å²) in [5.74, 6) is -0.427. The standard InChI is InChI=1S/C15H16ClFN4O2/c16-11-4-3-10(5-12(11)17)14(22)6-18-15(23)8-21-7-13(19-20-21)9-1-2-9/h3-5,7,9,14,22H,1-2,6,8H2,(H,18,23). The molecule has 122 valence electrons. The number of hydrogen-bond acceptors (Lipinski definition) is 4. The number of benzene rings is 1. The number of nitrogens with zero attached hydrogens (tertiary/aromatic N) is 3. The van der Waals surface area contributed by atoms with E-state index in [1.807, 2.05) is 0 Å². The molecule has 0 radical (unpaired) electrons. The zero-order valence-electron chi connectivity index (χ0n) is 12.2. The molecule has 6 nitrogen and oxygen atoms in total. The third kappa shape index (κ3) is 4.05. The fourth-order valence-electron chi connectivity index (χ4n) is 2.21. The molecule has 1 aliphatic rings. The van der Waals surface area contributed by atoms with E-state index in [9.17, 15) is 14.3 Å². The lowest BCUT2D eigenvalue weighted by atomic mass is 10.1. The van der Waals surface area contributed by atoms with E-state index in [1.54, 1.807) is 6.20 Å². The first-order valence-electron chi connectivity index (χ1n) is 7.32. The fraction of sp³-hybridized carbons (Fsp3) is 0.400. The van der Waals surface area contributed by atoms with Gasteiger partial charge in [0, 0.05) is 18.7 Å². The van der Waals surface area contributed by atoms with Crippen molar-refractivity contribution in [1.82, 2.24) is 20.3 Å². The third-order valence-electron chi connectivity index (χ3n) is 3.68. The number of hydrogen-bond donors (Lipinski definition) is 2. The molecule has 1 aliphatic carbocycles. The molecule has 0 bridgehead atoms. The number of aromatic nitrogens is 3. The van der Waals surface area contributed by atoms with Crippen LogP contribution in [0.5, 0.6) is 0 Å². The molecule has 0 saturated heterocycles. The van der Waals surface area contributed by atoms with Gasteiger partial charge in [0.1, 0.15) is 12.4 Å². The predicted octanol–water partition coefficient (Wildman–Crippen LogP) is 1.80. The Bertz CT molecular complexity index is 717. The van der Waals surface area contributed by atoms with E-state index in [0.29, 0.717) is 11.5 Å². The number of nitrogens with one attached hydrogen (secondary N) is 1. The zero-order valence-corrected chi connectivity index (χ0v) is 13.0. The number of halogens is 2. The fourth-order valence-corrected chi connectivity index (χ4v) is 2.33. The molecular weight excluding hydrogens is 323 g/mol. The number of rotatable bonds is 6. The summed E-state index contributed by atoms with van der Waals surface area (Å²) in [7, 11) is 0. The van der Waals surface area contributed by atoms with Crippen LogP contribution in [-0.4, -0.2) is 32.6 Å². The average molecular weight is 339 g/mol. The Hall–Kier alpha value is -1.99. The summed E-state index contributed by atoms with van der Waals surface area (Å²) in [4.78, 5) is 11.9. The molecular formula is C15H16ClFN4O2. The smallest absolute Gasteiger partial charge is 0.241 e. The van der Waals surface area contributed by atoms with Gasteiger partial charge in [-0.25, -0.2) is 9.07 Å². The number of amides is 1. The highest BCUT2D eigenvalue weighted by Gasteiger charge is 2.26. The Morgan fingerprint density at radius 1 is 1.52 bits per heavy atom. The highest BCUT2D eigenvalue weighted by Crippen LogP contribution is 2.38. The summed E-state index contributed by atoms with van der Waals surface area (Å²) in [6.07, 6.45) is 3.00. The average Bonchev–Trinajstić information content (AvgIpc) is 3.28. The van der Waals surface area contributed by atoms with Gasteiger partial charge >= 0.3 is 0 Å². The minimum absolute atomic E-state index is 0.0114. The maximum absolute atomic E-state index is 13.3. The van der Waals surface area contributed by atoms with Gasteiger partial charge in [-0.05, 0) is 30.5 Å². The molecule has 1 atom stereocenters. The first kappa shape index (κ1) is 15.9. The van der Waals surface area contributed by atoms with Gasteiger partial charge in [-0.2, -0.15) is 0 Å². The monoisotopic (exact) mass is 338 g/mol. The van der Waals surface area contributed by atoms with Crippen LogP contribution in [0.1, 0.15) is 36.1 Å². The van der Waals surface area contributed by atoms with Gasteiger partial charge in [-0.15, -0.1) is 5.10 Å². The molecule has 1 unspecified atom stereocenters. The van der Waals surface area contributed by atoms with Gasteiger partial charge in [0.25, 0.3) is 0 Å². The van der Waals surface area contributed by atoms with Crippen LogP contribution >= 0.6 is 11.6 Å². The molecule has 1 aromatic carbocycles. The first-order chi connectivity index (χ1) is 11.0. The maximum atomic E-state index is 13.3. The molecule has 1 heterocycles. The molecule has 1 amide bonds. The van der Waals surface area contributed by atoms with Crippen LogP contribution in [0.4, 0.5) is 4.39 Å². The molecule has 1 aromatic heterocycles. The number of carbonyl (C=O) groups excluding carboxylic acids is 1. The lowest BCUT2D eigenvalue weighted by molar-refractivity contribution is -0.122. The summed E-state index contributed by atoms with van der Waals surface area (Å²) >= 11 is 5.59. The number of aliphatic hydroxyl groups is 1. The molecule has 8 heteroatoms. The molecule has 23 heavy (non-hydrogen) atoms. The van der Waals surface area contributed by atoms with Crippen molar-refractivity contribution in [2.45, 2.75) is 31.4 Å². The van der Waals surface area contributed by atoms with E-state index in [4.69, 9.17) is 11.6 Å². The summed E-state index contributed by atoms with van der Waals surface area (Å²) in [6, 6.07) is 4.03. The van der Waals surface area contributed by atoms with Crippen LogP contribution in [0.25, 0.3) is 0 Å². The molecule has 1 saturated carbocycles. The molecule has 2 aromatic rings. The highest BCUT2D eigenvalue weighted by molar-refractivity contribution is 6.30. The van der Waals surface area contributed by atoms with Gasteiger partial charge < -0.3 is 10.4 Å². The van der Waals surface area contributed by atoms with E-state index in [0.717, 1.165) is 24.6 Å². The van der Waals surface area contributed by atoms with Crippen LogP contribution in [0.2, 0.25) is 5.02 Å². The van der Waals surface area contributed by atoms with E-state index < -0.39 is 11.9 Å². The normalized spacial score (nSPS) is 15.4. The highest BCUT2D eigenvalue weighted by atomic mass is 35.5. The maximum Gasteiger partial charge on any atom is 0.241 e. The van der Waals surface area contributed by atoms with Crippen molar-refractivity contribution >= 4 is 17.5 Å². The molecule has 0 aliphatic heterocycles. The Morgan fingerprint density at radius 3 is 3.00 bits per heavy atom. The third-order valence-corrected chi connectivity index (χ3v) is 3.99. The van der Waals surface area contributed by atoms with E-state index in [1.165, 1.54) is 16.8 Å². The molecule has 2 N–H and O–H groups in total. The van der Waals surface area contributed by atoms with Gasteiger partial charge in [-0.1, -0.05) is 22.9 Å². The Morgan fingerprint density at radius 2 is 2.30 bits per heavy atom. The van der Waals surface area contributed by atoms with Crippen molar-refractivity contribution in [3.8, 4) is 0 Å². The molecule has 3 rings (SSSR count). The van der Waals surface area contributed by atoms with Crippen LogP contribution in [0, 0.1) is 5.82 Å². The number of aliphatic hydroxyl groups excluding tert-OH is 1. The van der Waals surface area contributed by atoms with E-state index in [-0.39, 0.29) is 24.0 Å². The van der Waals surface area contributed by atoms with Gasteiger partial charge in [0.05, 0.1) is 16.8 Å². The summed E-state index contributed by atoms with van der Waals surface area (Å²) in [5, 5.41) is 20.5. The largest absolute Gasteiger partial charge is 0.387 e. The van der Waals surface area contributed by atoms with Gasteiger partial charge in [-0.3, -0.25) is 4.79 Å². The first-order valence-corrected chi connectivity index (χ1v) is 7.70. The summed E-state index contributed by atoms with van der Waals surface area (Å²) in [6.45, 7) is 0.00546. The van der Waals surface area contributed by atoms with Gasteiger partial charge in [0.2, 0.25) is 5.91 Å². The predicted molar refractivity (Wildman–Crippen MR) is 81.4 cm³/mol. The Labute approximate surface area is 137 Å². The minimum Gasteiger partial charge on any atom is -0.387 e. The van der Waals surface area contributed by atoms with Crippen LogP contribution < -0.4 is 5.32 Å². The SMILES string of the molecule is O=C(Cn1cc(C2CC2)nn1)NCC(O)c1ccc(Cl)c(F)c1. The lowest BCUT2D eigenvalue weighted by Gasteiger charge is -2.12. The van der Waals surface area contributed by atoms with Crippen LogP contribution in [0.15, 0.2) is 24.4 Å². The zero-order chi connectivity index (χ0) is 16.4. The minimum atomic E-state index is -1.01. The molecule has 1 fully saturated rings. The number of carbonyl (C=O) groups is 1. The quantitative estimate of drug-likeness (QED) is 0.841. The van der Waals surface area contributed by atoms with E-state index in [2.05, 4.69) is 15.6 Å². The second kappa shape index (κ2) is 6.64. The Balaban J connectivity index is 1.50. The summed E-state index contributed by atoms with van der Waals surface area (Å²) < 4.78 is 14.8.